The first-order chi connectivity index (χ1) is 14.1. The zero-order valence-corrected chi connectivity index (χ0v) is 19.6. The van der Waals surface area contributed by atoms with Crippen molar-refractivity contribution in [3.05, 3.63) is 29.8 Å². The van der Waals surface area contributed by atoms with Crippen molar-refractivity contribution in [2.45, 2.75) is 68.7 Å². The number of carbonyl (C=O) groups excluding carboxylic acids is 1. The predicted molar refractivity (Wildman–Crippen MR) is 114 cm³/mol. The molecular formula is C23H38CrN2O3. The Labute approximate surface area is 183 Å². The summed E-state index contributed by atoms with van der Waals surface area (Å²) in [6.07, 6.45) is 6.26. The normalized spacial score (nSPS) is 16.9. The molecule has 2 rings (SSSR count). The molecular weight excluding hydrogens is 404 g/mol. The van der Waals surface area contributed by atoms with E-state index in [2.05, 4.69) is 17.1 Å². The maximum atomic E-state index is 12.6. The van der Waals surface area contributed by atoms with Gasteiger partial charge in [-0.1, -0.05) is 6.42 Å². The van der Waals surface area contributed by atoms with Gasteiger partial charge in [-0.2, -0.15) is 0 Å². The summed E-state index contributed by atoms with van der Waals surface area (Å²) in [5.74, 6) is 0.762. The molecule has 5 nitrogen and oxygen atoms in total. The zero-order valence-electron chi connectivity index (χ0n) is 18.3. The van der Waals surface area contributed by atoms with Crippen LogP contribution in [0.3, 0.4) is 0 Å². The second kappa shape index (κ2) is 14.0. The van der Waals surface area contributed by atoms with Crippen LogP contribution < -0.4 is 10.1 Å². The number of amides is 1. The van der Waals surface area contributed by atoms with E-state index in [1.165, 1.54) is 49.3 Å². The molecule has 1 N–H and O–H groups in total. The van der Waals surface area contributed by atoms with Crippen molar-refractivity contribution in [3.8, 4) is 5.75 Å². The summed E-state index contributed by atoms with van der Waals surface area (Å²) in [5.41, 5.74) is 0.658. The fourth-order valence-electron chi connectivity index (χ4n) is 3.58. The molecule has 1 aromatic carbocycles. The quantitative estimate of drug-likeness (QED) is 0.460. The van der Waals surface area contributed by atoms with Crippen molar-refractivity contribution in [1.29, 1.82) is 0 Å². The Hall–Kier alpha value is -1.06. The zero-order chi connectivity index (χ0) is 20.9. The molecule has 2 atom stereocenters. The molecule has 0 bridgehead atoms. The van der Waals surface area contributed by atoms with Gasteiger partial charge in [0.15, 0.2) is 0 Å². The second-order valence-electron chi connectivity index (χ2n) is 7.71. The molecule has 164 valence electrons. The fourth-order valence-corrected chi connectivity index (χ4v) is 4.97. The van der Waals surface area contributed by atoms with Gasteiger partial charge >= 0.3 is 139 Å². The van der Waals surface area contributed by atoms with Crippen LogP contribution in [0.4, 0.5) is 0 Å². The number of likely N-dealkylation sites (tertiary alicyclic amines) is 1. The van der Waals surface area contributed by atoms with Crippen LogP contribution in [0.5, 0.6) is 5.75 Å². The van der Waals surface area contributed by atoms with E-state index < -0.39 is 0 Å². The van der Waals surface area contributed by atoms with Crippen molar-refractivity contribution < 1.29 is 29.5 Å². The van der Waals surface area contributed by atoms with E-state index in [0.717, 1.165) is 18.7 Å². The number of nitrogens with zero attached hydrogens (tertiary/aromatic N) is 1. The molecule has 29 heavy (non-hydrogen) atoms. The average molecular weight is 443 g/mol. The molecule has 1 saturated heterocycles. The molecule has 0 aromatic heterocycles. The Bertz CT molecular complexity index is 576. The average Bonchev–Trinajstić information content (AvgIpc) is 2.75. The van der Waals surface area contributed by atoms with Crippen LogP contribution in [0, 0.1) is 0 Å². The van der Waals surface area contributed by atoms with Crippen molar-refractivity contribution >= 4 is 5.91 Å². The number of methoxy groups -OCH3 is 1. The monoisotopic (exact) mass is 442 g/mol. The second-order valence-corrected chi connectivity index (χ2v) is 9.62. The molecule has 0 aliphatic carbocycles. The van der Waals surface area contributed by atoms with Gasteiger partial charge in [0.1, 0.15) is 0 Å². The van der Waals surface area contributed by atoms with Crippen LogP contribution in [0.2, 0.25) is 10.6 Å². The Morgan fingerprint density at radius 3 is 2.55 bits per heavy atom. The number of piperidine rings is 1. The van der Waals surface area contributed by atoms with Gasteiger partial charge in [-0.05, 0) is 25.9 Å². The van der Waals surface area contributed by atoms with Crippen LogP contribution in [-0.4, -0.2) is 56.3 Å². The summed E-state index contributed by atoms with van der Waals surface area (Å²) >= 11 is 0.680. The standard InChI is InChI=1S/C20H31N2O3.C3H7.Cr/c1-4-19(24-3)16(2)21-20(23)17-8-10-18(11-9-17)25-15-14-22-12-6-5-7-13-22;1-3-2;/h8-11,16,19H,1,4-7,12-15H2,2-3H3,(H,21,23);1,3H2,2H3;. The Morgan fingerprint density at radius 1 is 1.17 bits per heavy atom. The van der Waals surface area contributed by atoms with Gasteiger partial charge < -0.3 is 0 Å². The molecule has 0 radical (unpaired) electrons. The van der Waals surface area contributed by atoms with Gasteiger partial charge in [-0.3, -0.25) is 4.90 Å². The summed E-state index contributed by atoms with van der Waals surface area (Å²) < 4.78 is 11.5. The van der Waals surface area contributed by atoms with Crippen molar-refractivity contribution in [2.75, 3.05) is 33.4 Å². The van der Waals surface area contributed by atoms with Crippen LogP contribution in [0.25, 0.3) is 0 Å². The number of ether oxygens (including phenoxy) is 2. The van der Waals surface area contributed by atoms with Gasteiger partial charge in [0.2, 0.25) is 0 Å². The molecule has 1 aliphatic heterocycles. The van der Waals surface area contributed by atoms with E-state index in [1.54, 1.807) is 7.11 Å². The minimum absolute atomic E-state index is 0.00889. The summed E-state index contributed by atoms with van der Waals surface area (Å²) in [7, 11) is 1.73. The molecule has 0 saturated carbocycles. The molecule has 0 spiro atoms. The van der Waals surface area contributed by atoms with E-state index in [0.29, 0.717) is 27.4 Å². The van der Waals surface area contributed by atoms with Gasteiger partial charge in [0.05, 0.1) is 0 Å². The molecule has 1 fully saturated rings. The van der Waals surface area contributed by atoms with Gasteiger partial charge in [0.25, 0.3) is 0 Å². The Kier molecular flexibility index (Phi) is 11.7. The van der Waals surface area contributed by atoms with Crippen molar-refractivity contribution in [3.63, 3.8) is 0 Å². The van der Waals surface area contributed by atoms with Gasteiger partial charge in [-0.15, -0.1) is 0 Å². The number of benzene rings is 1. The number of nitrogens with one attached hydrogen (secondary N) is 1. The van der Waals surface area contributed by atoms with Crippen molar-refractivity contribution in [2.24, 2.45) is 0 Å². The first-order valence-corrected chi connectivity index (χ1v) is 12.8. The molecule has 1 aliphatic rings. The van der Waals surface area contributed by atoms with E-state index in [9.17, 15) is 4.79 Å². The molecule has 6 heteroatoms. The maximum absolute atomic E-state index is 12.6. The molecule has 1 amide bonds. The van der Waals surface area contributed by atoms with E-state index in [-0.39, 0.29) is 18.1 Å². The summed E-state index contributed by atoms with van der Waals surface area (Å²) in [6, 6.07) is 7.44. The Morgan fingerprint density at radius 2 is 1.90 bits per heavy atom. The van der Waals surface area contributed by atoms with Crippen molar-refractivity contribution in [1.82, 2.24) is 10.2 Å². The summed E-state index contributed by atoms with van der Waals surface area (Å²) in [5, 5.41) is 5.60. The summed E-state index contributed by atoms with van der Waals surface area (Å²) in [4.78, 5) is 15.0. The first kappa shape index (κ1) is 24.2. The van der Waals surface area contributed by atoms with E-state index in [1.807, 2.05) is 31.2 Å². The Balaban J connectivity index is 1.73. The first-order valence-electron chi connectivity index (χ1n) is 11.0. The van der Waals surface area contributed by atoms with E-state index >= 15 is 0 Å². The summed E-state index contributed by atoms with van der Waals surface area (Å²) in [6.45, 7) is 8.28. The predicted octanol–water partition coefficient (Wildman–Crippen LogP) is 4.40. The topological polar surface area (TPSA) is 50.8 Å². The molecule has 1 aromatic rings. The van der Waals surface area contributed by atoms with E-state index in [4.69, 9.17) is 9.47 Å². The van der Waals surface area contributed by atoms with Crippen LogP contribution in [0.1, 0.15) is 56.3 Å². The van der Waals surface area contributed by atoms with Crippen LogP contribution in [-0.2, 0) is 20.0 Å². The third-order valence-corrected chi connectivity index (χ3v) is 7.26. The number of rotatable bonds is 13. The molecule has 1 heterocycles. The van der Waals surface area contributed by atoms with Crippen LogP contribution in [0.15, 0.2) is 24.3 Å². The minimum atomic E-state index is -0.0570. The fraction of sp³-hybridized carbons (Fsp3) is 0.696. The number of hydrogen-bond donors (Lipinski definition) is 1. The number of hydrogen-bond acceptors (Lipinski definition) is 4. The van der Waals surface area contributed by atoms with Gasteiger partial charge in [0, 0.05) is 6.54 Å². The third-order valence-electron chi connectivity index (χ3n) is 5.36. The number of carbonyl (C=O) groups is 1. The van der Waals surface area contributed by atoms with Gasteiger partial charge in [-0.25, -0.2) is 0 Å². The van der Waals surface area contributed by atoms with Crippen LogP contribution >= 0.6 is 0 Å². The SMILES string of the molecule is CC[CH2][Cr][CH2]CC(OC)C(C)NC(=O)c1ccc(OCCN2CCCCC2)cc1. The third kappa shape index (κ3) is 9.09. The molecule has 2 unspecified atom stereocenters.